The Labute approximate surface area is 80.2 Å². The van der Waals surface area contributed by atoms with E-state index in [1.54, 1.807) is 18.2 Å². The normalized spacial score (nSPS) is 9.93. The number of anilines is 1. The van der Waals surface area contributed by atoms with Crippen LogP contribution in [-0.2, 0) is 0 Å². The SMILES string of the molecule is N#Cc1cc2cccc(O)c2nc1N. The van der Waals surface area contributed by atoms with Crippen LogP contribution < -0.4 is 5.73 Å². The molecule has 68 valence electrons. The van der Waals surface area contributed by atoms with E-state index in [0.717, 1.165) is 0 Å². The molecule has 0 aliphatic heterocycles. The van der Waals surface area contributed by atoms with E-state index in [1.165, 1.54) is 6.07 Å². The number of nitrogens with zero attached hydrogens (tertiary/aromatic N) is 2. The van der Waals surface area contributed by atoms with Gasteiger partial charge in [-0.05, 0) is 12.1 Å². The van der Waals surface area contributed by atoms with E-state index in [1.807, 2.05) is 6.07 Å². The molecule has 0 aliphatic rings. The summed E-state index contributed by atoms with van der Waals surface area (Å²) in [5.41, 5.74) is 6.26. The zero-order valence-corrected chi connectivity index (χ0v) is 7.23. The molecule has 4 nitrogen and oxygen atoms in total. The van der Waals surface area contributed by atoms with Gasteiger partial charge >= 0.3 is 0 Å². The largest absolute Gasteiger partial charge is 0.506 e. The topological polar surface area (TPSA) is 82.9 Å². The van der Waals surface area contributed by atoms with Gasteiger partial charge in [-0.25, -0.2) is 4.98 Å². The molecule has 0 saturated heterocycles. The van der Waals surface area contributed by atoms with Crippen LogP contribution in [0.5, 0.6) is 5.75 Å². The molecule has 1 aromatic heterocycles. The molecule has 0 fully saturated rings. The van der Waals surface area contributed by atoms with Crippen molar-refractivity contribution in [2.75, 3.05) is 5.73 Å². The number of aromatic nitrogens is 1. The monoisotopic (exact) mass is 185 g/mol. The number of hydrogen-bond acceptors (Lipinski definition) is 4. The number of benzene rings is 1. The summed E-state index contributed by atoms with van der Waals surface area (Å²) in [5.74, 6) is 0.209. The number of rotatable bonds is 0. The maximum Gasteiger partial charge on any atom is 0.142 e. The number of nitrogen functional groups attached to an aromatic ring is 1. The van der Waals surface area contributed by atoms with Crippen LogP contribution in [0.3, 0.4) is 0 Å². The number of nitrogens with two attached hydrogens (primary N) is 1. The van der Waals surface area contributed by atoms with Crippen LogP contribution in [-0.4, -0.2) is 10.1 Å². The van der Waals surface area contributed by atoms with Crippen molar-refractivity contribution in [3.05, 3.63) is 29.8 Å². The van der Waals surface area contributed by atoms with Crippen molar-refractivity contribution in [3.8, 4) is 11.8 Å². The van der Waals surface area contributed by atoms with Crippen molar-refractivity contribution < 1.29 is 5.11 Å². The van der Waals surface area contributed by atoms with E-state index in [-0.39, 0.29) is 11.6 Å². The Bertz CT molecular complexity index is 543. The molecule has 0 radical (unpaired) electrons. The van der Waals surface area contributed by atoms with Crippen molar-refractivity contribution >= 4 is 16.7 Å². The van der Waals surface area contributed by atoms with Crippen LogP contribution in [0, 0.1) is 11.3 Å². The third-order valence-electron chi connectivity index (χ3n) is 1.97. The first-order valence-corrected chi connectivity index (χ1v) is 4.00. The Hall–Kier alpha value is -2.28. The van der Waals surface area contributed by atoms with Crippen LogP contribution in [0.15, 0.2) is 24.3 Å². The lowest BCUT2D eigenvalue weighted by molar-refractivity contribution is 0.480. The highest BCUT2D eigenvalue weighted by Crippen LogP contribution is 2.24. The van der Waals surface area contributed by atoms with E-state index in [0.29, 0.717) is 16.5 Å². The molecule has 2 rings (SSSR count). The van der Waals surface area contributed by atoms with Gasteiger partial charge in [0.1, 0.15) is 23.2 Å². The molecule has 0 saturated carbocycles. The minimum absolute atomic E-state index is 0.0682. The van der Waals surface area contributed by atoms with E-state index < -0.39 is 0 Å². The molecule has 4 heteroatoms. The average Bonchev–Trinajstić information content (AvgIpc) is 2.19. The average molecular weight is 185 g/mol. The van der Waals surface area contributed by atoms with Crippen molar-refractivity contribution in [2.24, 2.45) is 0 Å². The Morgan fingerprint density at radius 2 is 2.21 bits per heavy atom. The van der Waals surface area contributed by atoms with E-state index in [2.05, 4.69) is 4.98 Å². The molecule has 0 unspecified atom stereocenters. The van der Waals surface area contributed by atoms with Gasteiger partial charge in [-0.15, -0.1) is 0 Å². The predicted molar refractivity (Wildman–Crippen MR) is 52.5 cm³/mol. The fourth-order valence-corrected chi connectivity index (χ4v) is 1.29. The molecule has 1 heterocycles. The van der Waals surface area contributed by atoms with Crippen LogP contribution in [0.4, 0.5) is 5.82 Å². The summed E-state index contributed by atoms with van der Waals surface area (Å²) in [4.78, 5) is 3.95. The molecule has 0 atom stereocenters. The minimum atomic E-state index is 0.0682. The van der Waals surface area contributed by atoms with E-state index >= 15 is 0 Å². The summed E-state index contributed by atoms with van der Waals surface area (Å²) in [6.07, 6.45) is 0. The molecule has 0 bridgehead atoms. The summed E-state index contributed by atoms with van der Waals surface area (Å²) in [6, 6.07) is 8.53. The second-order valence-electron chi connectivity index (χ2n) is 2.88. The molecule has 0 amide bonds. The first-order chi connectivity index (χ1) is 6.72. The number of para-hydroxylation sites is 1. The lowest BCUT2D eigenvalue weighted by Crippen LogP contribution is -1.95. The number of fused-ring (bicyclic) bond motifs is 1. The number of hydrogen-bond donors (Lipinski definition) is 2. The molecule has 1 aromatic carbocycles. The third-order valence-corrected chi connectivity index (χ3v) is 1.97. The summed E-state index contributed by atoms with van der Waals surface area (Å²) in [7, 11) is 0. The predicted octanol–water partition coefficient (Wildman–Crippen LogP) is 1.39. The maximum absolute atomic E-state index is 9.46. The zero-order chi connectivity index (χ0) is 10.1. The van der Waals surface area contributed by atoms with Crippen LogP contribution in [0.2, 0.25) is 0 Å². The van der Waals surface area contributed by atoms with Crippen molar-refractivity contribution in [1.29, 1.82) is 5.26 Å². The lowest BCUT2D eigenvalue weighted by Gasteiger charge is -2.02. The highest BCUT2D eigenvalue weighted by Gasteiger charge is 2.05. The smallest absolute Gasteiger partial charge is 0.142 e. The van der Waals surface area contributed by atoms with Gasteiger partial charge in [0.15, 0.2) is 0 Å². The number of phenols is 1. The molecule has 0 spiro atoms. The van der Waals surface area contributed by atoms with Gasteiger partial charge in [0.25, 0.3) is 0 Å². The van der Waals surface area contributed by atoms with Crippen molar-refractivity contribution in [3.63, 3.8) is 0 Å². The first-order valence-electron chi connectivity index (χ1n) is 4.00. The van der Waals surface area contributed by atoms with Crippen LogP contribution in [0.1, 0.15) is 5.56 Å². The zero-order valence-electron chi connectivity index (χ0n) is 7.23. The van der Waals surface area contributed by atoms with Crippen molar-refractivity contribution in [2.45, 2.75) is 0 Å². The van der Waals surface area contributed by atoms with Gasteiger partial charge in [-0.2, -0.15) is 5.26 Å². The van der Waals surface area contributed by atoms with Gasteiger partial charge in [-0.1, -0.05) is 12.1 Å². The molecule has 2 aromatic rings. The Morgan fingerprint density at radius 3 is 2.93 bits per heavy atom. The maximum atomic E-state index is 9.46. The van der Waals surface area contributed by atoms with Gasteiger partial charge in [0, 0.05) is 5.39 Å². The highest BCUT2D eigenvalue weighted by atomic mass is 16.3. The van der Waals surface area contributed by atoms with Crippen LogP contribution in [0.25, 0.3) is 10.9 Å². The molecule has 3 N–H and O–H groups in total. The molecule has 14 heavy (non-hydrogen) atoms. The van der Waals surface area contributed by atoms with Gasteiger partial charge in [-0.3, -0.25) is 0 Å². The van der Waals surface area contributed by atoms with E-state index in [4.69, 9.17) is 11.0 Å². The number of phenolic OH excluding ortho intramolecular Hbond substituents is 1. The molecular formula is C10H7N3O. The number of aromatic hydroxyl groups is 1. The fraction of sp³-hybridized carbons (Fsp3) is 0. The van der Waals surface area contributed by atoms with Crippen LogP contribution >= 0.6 is 0 Å². The molecule has 0 aliphatic carbocycles. The number of pyridine rings is 1. The highest BCUT2D eigenvalue weighted by molar-refractivity contribution is 5.87. The summed E-state index contributed by atoms with van der Waals surface area (Å²) in [5, 5.41) is 18.9. The molecular weight excluding hydrogens is 178 g/mol. The fourth-order valence-electron chi connectivity index (χ4n) is 1.29. The third kappa shape index (κ3) is 1.12. The Kier molecular flexibility index (Phi) is 1.72. The first kappa shape index (κ1) is 8.32. The quantitative estimate of drug-likeness (QED) is 0.649. The minimum Gasteiger partial charge on any atom is -0.506 e. The van der Waals surface area contributed by atoms with Gasteiger partial charge < -0.3 is 10.8 Å². The summed E-state index contributed by atoms with van der Waals surface area (Å²) < 4.78 is 0. The summed E-state index contributed by atoms with van der Waals surface area (Å²) in [6.45, 7) is 0. The van der Waals surface area contributed by atoms with Gasteiger partial charge in [0.2, 0.25) is 0 Å². The lowest BCUT2D eigenvalue weighted by atomic mass is 10.1. The van der Waals surface area contributed by atoms with Crippen molar-refractivity contribution in [1.82, 2.24) is 4.98 Å². The second-order valence-corrected chi connectivity index (χ2v) is 2.88. The Morgan fingerprint density at radius 1 is 1.43 bits per heavy atom. The second kappa shape index (κ2) is 2.89. The summed E-state index contributed by atoms with van der Waals surface area (Å²) >= 11 is 0. The van der Waals surface area contributed by atoms with E-state index in [9.17, 15) is 5.11 Å². The standard InChI is InChI=1S/C10H7N3O/c11-5-7-4-6-2-1-3-8(14)9(6)13-10(7)12/h1-4,14H,(H2,12,13). The Balaban J connectivity index is 2.88. The van der Waals surface area contributed by atoms with Gasteiger partial charge in [0.05, 0.1) is 5.56 Å². The number of nitriles is 1.